The average molecular weight is 461 g/mol. The van der Waals surface area contributed by atoms with Gasteiger partial charge in [-0.3, -0.25) is 24.5 Å². The van der Waals surface area contributed by atoms with Crippen molar-refractivity contribution in [3.8, 4) is 11.5 Å². The molecule has 0 bridgehead atoms. The number of ether oxygens (including phenoxy) is 1. The van der Waals surface area contributed by atoms with E-state index < -0.39 is 34.8 Å². The van der Waals surface area contributed by atoms with Gasteiger partial charge in [0.1, 0.15) is 5.92 Å². The number of nitrogens with zero attached hydrogens (tertiary/aromatic N) is 3. The minimum Gasteiger partial charge on any atom is -0.504 e. The van der Waals surface area contributed by atoms with Gasteiger partial charge in [0.15, 0.2) is 17.6 Å². The second kappa shape index (κ2) is 8.16. The van der Waals surface area contributed by atoms with Crippen LogP contribution in [0.15, 0.2) is 72.8 Å². The van der Waals surface area contributed by atoms with Crippen molar-refractivity contribution in [2.75, 3.05) is 17.1 Å². The number of carbonyl (C=O) groups excluding carboxylic acids is 2. The van der Waals surface area contributed by atoms with E-state index in [4.69, 9.17) is 9.57 Å². The SMILES string of the molecule is COc1cc(C2C3C(=O)N(c4ccc([N+](=O)[O-])cc4)C(=O)C3ON2c2ccccc2)ccc1O. The number of nitro benzene ring substituents is 1. The lowest BCUT2D eigenvalue weighted by Gasteiger charge is -2.29. The molecule has 3 atom stereocenters. The quantitative estimate of drug-likeness (QED) is 0.349. The molecule has 2 aliphatic heterocycles. The first-order chi connectivity index (χ1) is 16.4. The van der Waals surface area contributed by atoms with Crippen LogP contribution in [0.1, 0.15) is 11.6 Å². The lowest BCUT2D eigenvalue weighted by Crippen LogP contribution is -2.37. The largest absolute Gasteiger partial charge is 0.504 e. The molecule has 0 aromatic heterocycles. The molecule has 0 saturated carbocycles. The predicted octanol–water partition coefficient (Wildman–Crippen LogP) is 3.36. The fourth-order valence-electron chi connectivity index (χ4n) is 4.41. The van der Waals surface area contributed by atoms with Crippen LogP contribution in [0.4, 0.5) is 17.1 Å². The molecule has 172 valence electrons. The maximum atomic E-state index is 13.6. The van der Waals surface area contributed by atoms with Crippen LogP contribution in [0.2, 0.25) is 0 Å². The van der Waals surface area contributed by atoms with E-state index in [1.54, 1.807) is 24.3 Å². The van der Waals surface area contributed by atoms with E-state index in [0.717, 1.165) is 4.90 Å². The summed E-state index contributed by atoms with van der Waals surface area (Å²) in [6.07, 6.45) is -1.09. The molecule has 0 radical (unpaired) electrons. The van der Waals surface area contributed by atoms with Crippen LogP contribution in [0.3, 0.4) is 0 Å². The topological polar surface area (TPSA) is 122 Å². The van der Waals surface area contributed by atoms with E-state index in [1.807, 2.05) is 18.2 Å². The first-order valence-electron chi connectivity index (χ1n) is 10.4. The molecule has 0 aliphatic carbocycles. The number of amides is 2. The molecule has 2 aliphatic rings. The van der Waals surface area contributed by atoms with Gasteiger partial charge in [0.2, 0.25) is 5.91 Å². The van der Waals surface area contributed by atoms with Crippen molar-refractivity contribution in [1.29, 1.82) is 0 Å². The van der Waals surface area contributed by atoms with Crippen LogP contribution >= 0.6 is 0 Å². The third-order valence-corrected chi connectivity index (χ3v) is 5.99. The molecule has 2 fully saturated rings. The molecule has 3 unspecified atom stereocenters. The van der Waals surface area contributed by atoms with Crippen molar-refractivity contribution in [1.82, 2.24) is 0 Å². The van der Waals surface area contributed by atoms with Crippen LogP contribution in [-0.4, -0.2) is 35.1 Å². The summed E-state index contributed by atoms with van der Waals surface area (Å²) in [5.41, 5.74) is 1.34. The molecule has 34 heavy (non-hydrogen) atoms. The van der Waals surface area contributed by atoms with E-state index in [0.29, 0.717) is 11.3 Å². The van der Waals surface area contributed by atoms with Crippen LogP contribution in [-0.2, 0) is 14.4 Å². The average Bonchev–Trinajstić information content (AvgIpc) is 3.36. The standard InChI is InChI=1S/C24H19N3O7/c1-33-19-13-14(7-12-18(19)28)21-20-22(34-26(21)16-5-3-2-4-6-16)24(30)25(23(20)29)15-8-10-17(11-9-15)27(31)32/h2-13,20-22,28H,1H3. The Hall–Kier alpha value is -4.44. The smallest absolute Gasteiger partial charge is 0.269 e. The Labute approximate surface area is 193 Å². The number of hydrogen-bond acceptors (Lipinski definition) is 8. The van der Waals surface area contributed by atoms with Crippen molar-refractivity contribution in [2.24, 2.45) is 5.92 Å². The van der Waals surface area contributed by atoms with E-state index >= 15 is 0 Å². The van der Waals surface area contributed by atoms with Crippen molar-refractivity contribution >= 4 is 28.9 Å². The number of hydroxylamine groups is 1. The van der Waals surface area contributed by atoms with E-state index in [1.165, 1.54) is 42.5 Å². The number of anilines is 2. The molecule has 10 nitrogen and oxygen atoms in total. The second-order valence-electron chi connectivity index (χ2n) is 7.87. The zero-order chi connectivity index (χ0) is 24.0. The Bertz CT molecular complexity index is 1280. The van der Waals surface area contributed by atoms with E-state index in [-0.39, 0.29) is 22.9 Å². The van der Waals surface area contributed by atoms with Gasteiger partial charge in [0.05, 0.1) is 29.4 Å². The van der Waals surface area contributed by atoms with Gasteiger partial charge >= 0.3 is 0 Å². The van der Waals surface area contributed by atoms with Crippen LogP contribution < -0.4 is 14.7 Å². The Balaban J connectivity index is 1.57. The molecule has 3 aromatic rings. The number of aromatic hydroxyl groups is 1. The van der Waals surface area contributed by atoms with Gasteiger partial charge in [-0.25, -0.2) is 9.96 Å². The highest BCUT2D eigenvalue weighted by atomic mass is 16.7. The summed E-state index contributed by atoms with van der Waals surface area (Å²) in [5, 5.41) is 22.6. The molecule has 2 amide bonds. The van der Waals surface area contributed by atoms with E-state index in [9.17, 15) is 24.8 Å². The van der Waals surface area contributed by atoms with Gasteiger partial charge in [-0.15, -0.1) is 0 Å². The summed E-state index contributed by atoms with van der Waals surface area (Å²) in [5.74, 6) is -1.78. The number of para-hydroxylation sites is 1. The lowest BCUT2D eigenvalue weighted by atomic mass is 9.90. The van der Waals surface area contributed by atoms with Crippen molar-refractivity contribution in [3.63, 3.8) is 0 Å². The molecule has 1 N–H and O–H groups in total. The van der Waals surface area contributed by atoms with Gasteiger partial charge in [0.25, 0.3) is 11.6 Å². The number of rotatable bonds is 5. The number of fused-ring (bicyclic) bond motifs is 1. The van der Waals surface area contributed by atoms with Gasteiger partial charge < -0.3 is 9.84 Å². The number of phenols is 1. The molecule has 2 saturated heterocycles. The molecular formula is C24H19N3O7. The third-order valence-electron chi connectivity index (χ3n) is 5.99. The number of carbonyl (C=O) groups is 2. The zero-order valence-corrected chi connectivity index (χ0v) is 17.9. The molecular weight excluding hydrogens is 442 g/mol. The summed E-state index contributed by atoms with van der Waals surface area (Å²) in [4.78, 5) is 44.4. The summed E-state index contributed by atoms with van der Waals surface area (Å²) in [6, 6.07) is 18.3. The number of benzene rings is 3. The minimum absolute atomic E-state index is 0.0608. The number of methoxy groups -OCH3 is 1. The highest BCUT2D eigenvalue weighted by molar-refractivity contribution is 6.24. The number of nitro groups is 1. The van der Waals surface area contributed by atoms with Crippen molar-refractivity contribution < 1.29 is 29.2 Å². The Morgan fingerprint density at radius 1 is 0.971 bits per heavy atom. The summed E-state index contributed by atoms with van der Waals surface area (Å²) in [6.45, 7) is 0. The van der Waals surface area contributed by atoms with Crippen LogP contribution in [0.5, 0.6) is 11.5 Å². The lowest BCUT2D eigenvalue weighted by molar-refractivity contribution is -0.384. The fraction of sp³-hybridized carbons (Fsp3) is 0.167. The molecule has 5 rings (SSSR count). The van der Waals surface area contributed by atoms with Crippen molar-refractivity contribution in [2.45, 2.75) is 12.1 Å². The van der Waals surface area contributed by atoms with E-state index in [2.05, 4.69) is 0 Å². The van der Waals surface area contributed by atoms with Crippen LogP contribution in [0.25, 0.3) is 0 Å². The fourth-order valence-corrected chi connectivity index (χ4v) is 4.41. The van der Waals surface area contributed by atoms with Gasteiger partial charge in [-0.2, -0.15) is 0 Å². The van der Waals surface area contributed by atoms with Crippen LogP contribution in [0, 0.1) is 16.0 Å². The number of phenolic OH excluding ortho intramolecular Hbond substituents is 1. The maximum absolute atomic E-state index is 13.6. The third kappa shape index (κ3) is 3.32. The zero-order valence-electron chi connectivity index (χ0n) is 17.9. The first-order valence-corrected chi connectivity index (χ1v) is 10.4. The molecule has 3 aromatic carbocycles. The Kier molecular flexibility index (Phi) is 5.14. The minimum atomic E-state index is -1.09. The number of non-ortho nitro benzene ring substituents is 1. The van der Waals surface area contributed by atoms with Crippen molar-refractivity contribution in [3.05, 3.63) is 88.5 Å². The number of hydrogen-bond donors (Lipinski definition) is 1. The predicted molar refractivity (Wildman–Crippen MR) is 120 cm³/mol. The van der Waals surface area contributed by atoms with Gasteiger partial charge in [-0.05, 0) is 42.0 Å². The normalized spacial score (nSPS) is 21.6. The Morgan fingerprint density at radius 2 is 1.68 bits per heavy atom. The monoisotopic (exact) mass is 461 g/mol. The first kappa shape index (κ1) is 21.4. The molecule has 0 spiro atoms. The molecule has 10 heteroatoms. The second-order valence-corrected chi connectivity index (χ2v) is 7.87. The van der Waals surface area contributed by atoms with Gasteiger partial charge in [0, 0.05) is 12.1 Å². The number of imide groups is 1. The summed E-state index contributed by atoms with van der Waals surface area (Å²) >= 11 is 0. The van der Waals surface area contributed by atoms with Gasteiger partial charge in [-0.1, -0.05) is 24.3 Å². The Morgan fingerprint density at radius 3 is 2.32 bits per heavy atom. The summed E-state index contributed by atoms with van der Waals surface area (Å²) < 4.78 is 5.24. The molecule has 2 heterocycles. The highest BCUT2D eigenvalue weighted by Gasteiger charge is 2.60. The highest BCUT2D eigenvalue weighted by Crippen LogP contribution is 2.48. The maximum Gasteiger partial charge on any atom is 0.269 e. The summed E-state index contributed by atoms with van der Waals surface area (Å²) in [7, 11) is 1.42.